The van der Waals surface area contributed by atoms with E-state index < -0.39 is 23.5 Å². The Hall–Kier alpha value is -1.56. The molecule has 2 atom stereocenters. The molecule has 0 radical (unpaired) electrons. The topological polar surface area (TPSA) is 78.4 Å². The third kappa shape index (κ3) is 4.52. The first-order valence-corrected chi connectivity index (χ1v) is 7.29. The number of rotatable bonds is 4. The second kappa shape index (κ2) is 6.26. The van der Waals surface area contributed by atoms with Crippen LogP contribution in [-0.4, -0.2) is 23.1 Å². The number of aliphatic carboxylic acids is 1. The summed E-state index contributed by atoms with van der Waals surface area (Å²) in [5.41, 5.74) is -0.550. The number of carboxylic acid groups (broad SMARTS) is 1. The van der Waals surface area contributed by atoms with Gasteiger partial charge in [-0.15, -0.1) is 11.3 Å². The molecule has 2 amide bonds. The van der Waals surface area contributed by atoms with Crippen molar-refractivity contribution in [3.63, 3.8) is 0 Å². The lowest BCUT2D eigenvalue weighted by atomic mass is 9.87. The van der Waals surface area contributed by atoms with Crippen molar-refractivity contribution in [1.29, 1.82) is 0 Å². The Kier molecular flexibility index (Phi) is 5.16. The molecule has 0 aliphatic rings. The van der Waals surface area contributed by atoms with Crippen LogP contribution in [0.2, 0.25) is 0 Å². The Bertz CT molecular complexity index is 491. The molecule has 0 aromatic carbocycles. The highest BCUT2D eigenvalue weighted by molar-refractivity contribution is 7.12. The molecular weight excluding hydrogens is 276 g/mol. The summed E-state index contributed by atoms with van der Waals surface area (Å²) < 4.78 is 0. The van der Waals surface area contributed by atoms with Crippen LogP contribution in [0.15, 0.2) is 12.1 Å². The lowest BCUT2D eigenvalue weighted by Crippen LogP contribution is -2.52. The van der Waals surface area contributed by atoms with E-state index in [1.54, 1.807) is 32.1 Å². The SMILES string of the molecule is Cc1ccc(C(C)NC(=O)NC(C(=O)O)C(C)(C)C)s1. The van der Waals surface area contributed by atoms with Gasteiger partial charge in [0.2, 0.25) is 0 Å². The van der Waals surface area contributed by atoms with Gasteiger partial charge in [-0.2, -0.15) is 0 Å². The first-order chi connectivity index (χ1) is 9.11. The summed E-state index contributed by atoms with van der Waals surface area (Å²) >= 11 is 1.61. The van der Waals surface area contributed by atoms with Crippen molar-refractivity contribution in [2.75, 3.05) is 0 Å². The molecule has 0 aliphatic carbocycles. The van der Waals surface area contributed by atoms with Crippen molar-refractivity contribution in [3.05, 3.63) is 21.9 Å². The smallest absolute Gasteiger partial charge is 0.326 e. The minimum absolute atomic E-state index is 0.150. The van der Waals surface area contributed by atoms with Gasteiger partial charge >= 0.3 is 12.0 Å². The number of aryl methyl sites for hydroxylation is 1. The second-order valence-corrected chi connectivity index (χ2v) is 7.24. The number of carbonyl (C=O) groups excluding carboxylic acids is 1. The molecule has 5 nitrogen and oxygen atoms in total. The molecule has 6 heteroatoms. The number of carbonyl (C=O) groups is 2. The van der Waals surface area contributed by atoms with E-state index in [0.29, 0.717) is 0 Å². The maximum Gasteiger partial charge on any atom is 0.326 e. The molecule has 1 rings (SSSR count). The predicted molar refractivity (Wildman–Crippen MR) is 80.0 cm³/mol. The summed E-state index contributed by atoms with van der Waals surface area (Å²) in [7, 11) is 0. The normalized spacial score (nSPS) is 14.4. The highest BCUT2D eigenvalue weighted by Crippen LogP contribution is 2.23. The molecule has 2 unspecified atom stereocenters. The highest BCUT2D eigenvalue weighted by atomic mass is 32.1. The average Bonchev–Trinajstić information content (AvgIpc) is 2.70. The van der Waals surface area contributed by atoms with Gasteiger partial charge in [0.15, 0.2) is 0 Å². The molecule has 20 heavy (non-hydrogen) atoms. The molecule has 0 fully saturated rings. The Balaban J connectivity index is 2.65. The fourth-order valence-corrected chi connectivity index (χ4v) is 2.66. The van der Waals surface area contributed by atoms with Crippen LogP contribution in [0.5, 0.6) is 0 Å². The molecule has 0 bridgehead atoms. The van der Waals surface area contributed by atoms with Crippen LogP contribution in [0.4, 0.5) is 4.79 Å². The quantitative estimate of drug-likeness (QED) is 0.799. The number of urea groups is 1. The molecule has 3 N–H and O–H groups in total. The third-order valence-corrected chi connectivity index (χ3v) is 4.11. The van der Waals surface area contributed by atoms with Crippen LogP contribution < -0.4 is 10.6 Å². The van der Waals surface area contributed by atoms with Crippen LogP contribution in [0, 0.1) is 12.3 Å². The summed E-state index contributed by atoms with van der Waals surface area (Å²) in [6.07, 6.45) is 0. The number of hydrogen-bond acceptors (Lipinski definition) is 3. The van der Waals surface area contributed by atoms with E-state index >= 15 is 0 Å². The number of carboxylic acids is 1. The van der Waals surface area contributed by atoms with Crippen molar-refractivity contribution in [2.24, 2.45) is 5.41 Å². The van der Waals surface area contributed by atoms with Crippen molar-refractivity contribution >= 4 is 23.3 Å². The van der Waals surface area contributed by atoms with Gasteiger partial charge in [0, 0.05) is 9.75 Å². The molecule has 0 aliphatic heterocycles. The summed E-state index contributed by atoms with van der Waals surface area (Å²) in [4.78, 5) is 25.3. The first kappa shape index (κ1) is 16.5. The van der Waals surface area contributed by atoms with Gasteiger partial charge in [0.1, 0.15) is 6.04 Å². The summed E-state index contributed by atoms with van der Waals surface area (Å²) in [6.45, 7) is 9.20. The Morgan fingerprint density at radius 1 is 1.25 bits per heavy atom. The van der Waals surface area contributed by atoms with Gasteiger partial charge in [0.05, 0.1) is 6.04 Å². The van der Waals surface area contributed by atoms with E-state index in [9.17, 15) is 14.7 Å². The Labute approximate surface area is 123 Å². The molecule has 112 valence electrons. The van der Waals surface area contributed by atoms with Crippen LogP contribution in [-0.2, 0) is 4.79 Å². The first-order valence-electron chi connectivity index (χ1n) is 6.47. The number of nitrogens with one attached hydrogen (secondary N) is 2. The van der Waals surface area contributed by atoms with Crippen molar-refractivity contribution in [2.45, 2.75) is 46.7 Å². The predicted octanol–water partition coefficient (Wildman–Crippen LogP) is 2.92. The molecule has 1 heterocycles. The molecule has 1 aromatic rings. The van der Waals surface area contributed by atoms with Crippen molar-refractivity contribution in [3.8, 4) is 0 Å². The maximum absolute atomic E-state index is 11.9. The van der Waals surface area contributed by atoms with Crippen LogP contribution in [0.1, 0.15) is 43.5 Å². The van der Waals surface area contributed by atoms with Gasteiger partial charge < -0.3 is 15.7 Å². The van der Waals surface area contributed by atoms with Gasteiger partial charge in [-0.25, -0.2) is 9.59 Å². The van der Waals surface area contributed by atoms with Crippen molar-refractivity contribution < 1.29 is 14.7 Å². The minimum Gasteiger partial charge on any atom is -0.480 e. The van der Waals surface area contributed by atoms with Gasteiger partial charge in [-0.3, -0.25) is 0 Å². The molecule has 0 saturated carbocycles. The van der Waals surface area contributed by atoms with E-state index in [1.165, 1.54) is 4.88 Å². The Morgan fingerprint density at radius 3 is 2.25 bits per heavy atom. The highest BCUT2D eigenvalue weighted by Gasteiger charge is 2.32. The van der Waals surface area contributed by atoms with E-state index in [1.807, 2.05) is 26.0 Å². The standard InChI is InChI=1S/C14H22N2O3S/c1-8-6-7-10(20-8)9(2)15-13(19)16-11(12(17)18)14(3,4)5/h6-7,9,11H,1-5H3,(H,17,18)(H2,15,16,19). The number of thiophene rings is 1. The monoisotopic (exact) mass is 298 g/mol. The van der Waals surface area contributed by atoms with E-state index in [0.717, 1.165) is 4.88 Å². The van der Waals surface area contributed by atoms with Gasteiger partial charge in [-0.1, -0.05) is 20.8 Å². The number of amides is 2. The van der Waals surface area contributed by atoms with Gasteiger partial charge in [-0.05, 0) is 31.4 Å². The third-order valence-electron chi connectivity index (χ3n) is 2.92. The summed E-state index contributed by atoms with van der Waals surface area (Å²) in [5.74, 6) is -1.03. The molecule has 1 aromatic heterocycles. The zero-order valence-corrected chi connectivity index (χ0v) is 13.3. The van der Waals surface area contributed by atoms with Crippen LogP contribution in [0.25, 0.3) is 0 Å². The molecular formula is C14H22N2O3S. The van der Waals surface area contributed by atoms with E-state index in [4.69, 9.17) is 0 Å². The second-order valence-electron chi connectivity index (χ2n) is 5.93. The summed E-state index contributed by atoms with van der Waals surface area (Å²) in [5, 5.41) is 14.5. The zero-order chi connectivity index (χ0) is 15.5. The minimum atomic E-state index is -1.03. The summed E-state index contributed by atoms with van der Waals surface area (Å²) in [6, 6.07) is 2.41. The van der Waals surface area contributed by atoms with Crippen LogP contribution in [0.3, 0.4) is 0 Å². The van der Waals surface area contributed by atoms with Crippen LogP contribution >= 0.6 is 11.3 Å². The van der Waals surface area contributed by atoms with E-state index in [-0.39, 0.29) is 6.04 Å². The fraction of sp³-hybridized carbons (Fsp3) is 0.571. The van der Waals surface area contributed by atoms with Crippen molar-refractivity contribution in [1.82, 2.24) is 10.6 Å². The lowest BCUT2D eigenvalue weighted by molar-refractivity contribution is -0.141. The lowest BCUT2D eigenvalue weighted by Gasteiger charge is -2.28. The Morgan fingerprint density at radius 2 is 1.85 bits per heavy atom. The molecule has 0 spiro atoms. The van der Waals surface area contributed by atoms with E-state index in [2.05, 4.69) is 10.6 Å². The largest absolute Gasteiger partial charge is 0.480 e. The van der Waals surface area contributed by atoms with Gasteiger partial charge in [0.25, 0.3) is 0 Å². The maximum atomic E-state index is 11.9. The average molecular weight is 298 g/mol. The zero-order valence-electron chi connectivity index (χ0n) is 12.5. The fourth-order valence-electron chi connectivity index (χ4n) is 1.78. The molecule has 0 saturated heterocycles. The number of hydrogen-bond donors (Lipinski definition) is 3.